The zero-order chi connectivity index (χ0) is 14.5. The van der Waals surface area contributed by atoms with Crippen molar-refractivity contribution in [3.63, 3.8) is 0 Å². The lowest BCUT2D eigenvalue weighted by atomic mass is 10.1. The molecule has 0 aliphatic rings. The second kappa shape index (κ2) is 6.68. The maximum Gasteiger partial charge on any atom is 0.156 e. The van der Waals surface area contributed by atoms with E-state index >= 15 is 0 Å². The van der Waals surface area contributed by atoms with Gasteiger partial charge in [0.2, 0.25) is 0 Å². The average molecular weight is 293 g/mol. The van der Waals surface area contributed by atoms with E-state index in [0.717, 1.165) is 22.6 Å². The van der Waals surface area contributed by atoms with Gasteiger partial charge in [-0.25, -0.2) is 9.97 Å². The van der Waals surface area contributed by atoms with Gasteiger partial charge in [0.05, 0.1) is 12.8 Å². The molecular formula is C15H17ClN2O2. The van der Waals surface area contributed by atoms with Gasteiger partial charge in [0.1, 0.15) is 17.5 Å². The smallest absolute Gasteiger partial charge is 0.156 e. The maximum absolute atomic E-state index is 6.07. The fourth-order valence-corrected chi connectivity index (χ4v) is 2.08. The summed E-state index contributed by atoms with van der Waals surface area (Å²) in [5.74, 6) is 1.32. The largest absolute Gasteiger partial charge is 0.496 e. The number of aromatic nitrogens is 2. The normalized spacial score (nSPS) is 10.6. The molecule has 0 radical (unpaired) electrons. The molecule has 106 valence electrons. The highest BCUT2D eigenvalue weighted by Gasteiger charge is 2.11. The molecule has 4 nitrogen and oxygen atoms in total. The van der Waals surface area contributed by atoms with Gasteiger partial charge in [0.15, 0.2) is 5.82 Å². The Labute approximate surface area is 123 Å². The Morgan fingerprint density at radius 1 is 1.20 bits per heavy atom. The molecular weight excluding hydrogens is 276 g/mol. The Kier molecular flexibility index (Phi) is 4.93. The lowest BCUT2D eigenvalue weighted by Crippen LogP contribution is -2.01. The first-order chi connectivity index (χ1) is 9.63. The van der Waals surface area contributed by atoms with Crippen LogP contribution >= 0.6 is 11.6 Å². The second-order valence-electron chi connectivity index (χ2n) is 4.33. The Morgan fingerprint density at radius 3 is 2.70 bits per heavy atom. The SMILES string of the molecule is CCOCc1nc(Cl)cc(-c2cc(C)ccc2OC)n1. The maximum atomic E-state index is 6.07. The number of benzene rings is 1. The van der Waals surface area contributed by atoms with Crippen molar-refractivity contribution >= 4 is 11.6 Å². The van der Waals surface area contributed by atoms with Gasteiger partial charge in [0, 0.05) is 18.2 Å². The van der Waals surface area contributed by atoms with Crippen molar-refractivity contribution in [1.82, 2.24) is 9.97 Å². The molecule has 0 atom stereocenters. The summed E-state index contributed by atoms with van der Waals surface area (Å²) in [5.41, 5.74) is 2.76. The quantitative estimate of drug-likeness (QED) is 0.789. The van der Waals surface area contributed by atoms with Gasteiger partial charge in [-0.15, -0.1) is 0 Å². The standard InChI is InChI=1S/C15H17ClN2O2/c1-4-20-9-15-17-12(8-14(16)18-15)11-7-10(2)5-6-13(11)19-3/h5-8H,4,9H2,1-3H3. The molecule has 0 amide bonds. The van der Waals surface area contributed by atoms with E-state index in [1.165, 1.54) is 0 Å². The molecule has 0 saturated carbocycles. The van der Waals surface area contributed by atoms with E-state index in [1.54, 1.807) is 13.2 Å². The molecule has 0 unspecified atom stereocenters. The summed E-state index contributed by atoms with van der Waals surface area (Å²) in [4.78, 5) is 8.65. The fraction of sp³-hybridized carbons (Fsp3) is 0.333. The minimum Gasteiger partial charge on any atom is -0.496 e. The van der Waals surface area contributed by atoms with Gasteiger partial charge < -0.3 is 9.47 Å². The van der Waals surface area contributed by atoms with E-state index in [4.69, 9.17) is 21.1 Å². The second-order valence-corrected chi connectivity index (χ2v) is 4.72. The third kappa shape index (κ3) is 3.46. The lowest BCUT2D eigenvalue weighted by Gasteiger charge is -2.10. The van der Waals surface area contributed by atoms with Crippen LogP contribution in [0.4, 0.5) is 0 Å². The molecule has 2 rings (SSSR count). The van der Waals surface area contributed by atoms with Crippen molar-refractivity contribution in [1.29, 1.82) is 0 Å². The summed E-state index contributed by atoms with van der Waals surface area (Å²) >= 11 is 6.07. The minimum atomic E-state index is 0.345. The topological polar surface area (TPSA) is 44.2 Å². The first-order valence-corrected chi connectivity index (χ1v) is 6.78. The Balaban J connectivity index is 2.46. The van der Waals surface area contributed by atoms with Gasteiger partial charge in [-0.3, -0.25) is 0 Å². The van der Waals surface area contributed by atoms with Crippen molar-refractivity contribution in [3.8, 4) is 17.0 Å². The number of halogens is 1. The van der Waals surface area contributed by atoms with Gasteiger partial charge in [-0.1, -0.05) is 23.2 Å². The van der Waals surface area contributed by atoms with Crippen LogP contribution in [-0.4, -0.2) is 23.7 Å². The van der Waals surface area contributed by atoms with Crippen molar-refractivity contribution in [2.75, 3.05) is 13.7 Å². The molecule has 0 spiro atoms. The van der Waals surface area contributed by atoms with E-state index in [9.17, 15) is 0 Å². The van der Waals surface area contributed by atoms with Crippen LogP contribution in [0.3, 0.4) is 0 Å². The predicted octanol–water partition coefficient (Wildman–Crippen LogP) is 3.65. The number of ether oxygens (including phenoxy) is 2. The Bertz CT molecular complexity index is 602. The number of nitrogens with zero attached hydrogens (tertiary/aromatic N) is 2. The monoisotopic (exact) mass is 292 g/mol. The summed E-state index contributed by atoms with van der Waals surface area (Å²) in [6.45, 7) is 4.90. The molecule has 20 heavy (non-hydrogen) atoms. The van der Waals surface area contributed by atoms with Gasteiger partial charge in [0.25, 0.3) is 0 Å². The number of rotatable bonds is 5. The molecule has 1 aromatic heterocycles. The van der Waals surface area contributed by atoms with Crippen LogP contribution in [0.25, 0.3) is 11.3 Å². The number of aryl methyl sites for hydroxylation is 1. The van der Waals surface area contributed by atoms with Crippen LogP contribution in [0.15, 0.2) is 24.3 Å². The van der Waals surface area contributed by atoms with E-state index in [0.29, 0.717) is 24.2 Å². The van der Waals surface area contributed by atoms with Crippen molar-refractivity contribution in [3.05, 3.63) is 40.8 Å². The van der Waals surface area contributed by atoms with Crippen LogP contribution in [0.1, 0.15) is 18.3 Å². The summed E-state index contributed by atoms with van der Waals surface area (Å²) in [5, 5.41) is 0.397. The minimum absolute atomic E-state index is 0.345. The third-order valence-electron chi connectivity index (χ3n) is 2.81. The average Bonchev–Trinajstić information content (AvgIpc) is 2.44. The van der Waals surface area contributed by atoms with Crippen molar-refractivity contribution in [2.24, 2.45) is 0 Å². The Hall–Kier alpha value is -1.65. The summed E-state index contributed by atoms with van der Waals surface area (Å²) in [7, 11) is 1.64. The van der Waals surface area contributed by atoms with E-state index in [1.807, 2.05) is 32.0 Å². The van der Waals surface area contributed by atoms with Crippen LogP contribution in [0.2, 0.25) is 5.15 Å². The number of hydrogen-bond acceptors (Lipinski definition) is 4. The molecule has 0 bridgehead atoms. The molecule has 0 aliphatic heterocycles. The number of methoxy groups -OCH3 is 1. The Morgan fingerprint density at radius 2 is 2.00 bits per heavy atom. The summed E-state index contributed by atoms with van der Waals surface area (Å²) in [6, 6.07) is 7.66. The molecule has 1 heterocycles. The molecule has 0 fully saturated rings. The highest BCUT2D eigenvalue weighted by molar-refractivity contribution is 6.29. The number of hydrogen-bond donors (Lipinski definition) is 0. The van der Waals surface area contributed by atoms with Gasteiger partial charge in [-0.05, 0) is 26.0 Å². The highest BCUT2D eigenvalue weighted by atomic mass is 35.5. The lowest BCUT2D eigenvalue weighted by molar-refractivity contribution is 0.128. The fourth-order valence-electron chi connectivity index (χ4n) is 1.88. The molecule has 0 saturated heterocycles. The van der Waals surface area contributed by atoms with Crippen LogP contribution in [0, 0.1) is 6.92 Å². The molecule has 2 aromatic rings. The molecule has 5 heteroatoms. The molecule has 0 aliphatic carbocycles. The zero-order valence-corrected chi connectivity index (χ0v) is 12.6. The molecule has 0 N–H and O–H groups in total. The first kappa shape index (κ1) is 14.8. The van der Waals surface area contributed by atoms with E-state index in [-0.39, 0.29) is 0 Å². The third-order valence-corrected chi connectivity index (χ3v) is 3.00. The van der Waals surface area contributed by atoms with Crippen LogP contribution in [-0.2, 0) is 11.3 Å². The van der Waals surface area contributed by atoms with Gasteiger partial charge >= 0.3 is 0 Å². The van der Waals surface area contributed by atoms with Crippen molar-refractivity contribution < 1.29 is 9.47 Å². The summed E-state index contributed by atoms with van der Waals surface area (Å²) in [6.07, 6.45) is 0. The van der Waals surface area contributed by atoms with Crippen LogP contribution in [0.5, 0.6) is 5.75 Å². The van der Waals surface area contributed by atoms with E-state index < -0.39 is 0 Å². The highest BCUT2D eigenvalue weighted by Crippen LogP contribution is 2.30. The van der Waals surface area contributed by atoms with Crippen molar-refractivity contribution in [2.45, 2.75) is 20.5 Å². The summed E-state index contributed by atoms with van der Waals surface area (Å²) < 4.78 is 10.7. The van der Waals surface area contributed by atoms with Gasteiger partial charge in [-0.2, -0.15) is 0 Å². The zero-order valence-electron chi connectivity index (χ0n) is 11.8. The molecule has 1 aromatic carbocycles. The van der Waals surface area contributed by atoms with E-state index in [2.05, 4.69) is 9.97 Å². The van der Waals surface area contributed by atoms with Crippen LogP contribution < -0.4 is 4.74 Å². The first-order valence-electron chi connectivity index (χ1n) is 6.40. The predicted molar refractivity (Wildman–Crippen MR) is 79.1 cm³/mol.